The molecular weight excluding hydrogens is 316 g/mol. The Morgan fingerprint density at radius 2 is 1.67 bits per heavy atom. The van der Waals surface area contributed by atoms with Crippen LogP contribution in [0.15, 0.2) is 30.3 Å². The fourth-order valence-corrected chi connectivity index (χ4v) is 3.31. The van der Waals surface area contributed by atoms with Gasteiger partial charge in [0.1, 0.15) is 6.29 Å². The van der Waals surface area contributed by atoms with Gasteiger partial charge in [0, 0.05) is 18.4 Å². The van der Waals surface area contributed by atoms with E-state index >= 15 is 0 Å². The lowest BCUT2D eigenvalue weighted by atomic mass is 9.86. The monoisotopic (exact) mass is 350 g/mol. The summed E-state index contributed by atoms with van der Waals surface area (Å²) in [5, 5.41) is 0.175. The zero-order chi connectivity index (χ0) is 18.4. The van der Waals surface area contributed by atoms with Gasteiger partial charge in [0.2, 0.25) is 0 Å². The van der Waals surface area contributed by atoms with Gasteiger partial charge in [0.05, 0.1) is 12.7 Å². The maximum atomic E-state index is 11.1. The molecule has 0 fully saturated rings. The van der Waals surface area contributed by atoms with E-state index in [-0.39, 0.29) is 16.6 Å². The second-order valence-corrected chi connectivity index (χ2v) is 13.5. The first-order valence-corrected chi connectivity index (χ1v) is 11.6. The second kappa shape index (κ2) is 8.41. The van der Waals surface area contributed by atoms with Crippen molar-refractivity contribution in [2.45, 2.75) is 71.9 Å². The lowest BCUT2D eigenvalue weighted by Gasteiger charge is -2.41. The summed E-state index contributed by atoms with van der Waals surface area (Å²) in [6.07, 6.45) is 1.18. The number of rotatable bonds is 9. The van der Waals surface area contributed by atoms with Crippen molar-refractivity contribution in [3.63, 3.8) is 0 Å². The van der Waals surface area contributed by atoms with E-state index in [0.29, 0.717) is 19.6 Å². The lowest BCUT2D eigenvalue weighted by Crippen LogP contribution is -2.46. The molecule has 0 unspecified atom stereocenters. The molecule has 0 heterocycles. The van der Waals surface area contributed by atoms with Crippen LogP contribution in [0.1, 0.15) is 46.6 Å². The first-order chi connectivity index (χ1) is 11.0. The van der Waals surface area contributed by atoms with Crippen LogP contribution in [-0.2, 0) is 20.6 Å². The first kappa shape index (κ1) is 21.1. The van der Waals surface area contributed by atoms with Crippen LogP contribution in [0.5, 0.6) is 0 Å². The van der Waals surface area contributed by atoms with Crippen LogP contribution in [0.3, 0.4) is 0 Å². The maximum absolute atomic E-state index is 11.1. The Balaban J connectivity index is 2.72. The third-order valence-electron chi connectivity index (χ3n) is 5.09. The molecule has 24 heavy (non-hydrogen) atoms. The molecule has 0 radical (unpaired) electrons. The highest BCUT2D eigenvalue weighted by molar-refractivity contribution is 6.74. The van der Waals surface area contributed by atoms with Crippen LogP contribution in [0.4, 0.5) is 0 Å². The van der Waals surface area contributed by atoms with E-state index in [4.69, 9.17) is 9.16 Å². The highest BCUT2D eigenvalue weighted by Gasteiger charge is 2.40. The number of benzene rings is 1. The number of hydrogen-bond acceptors (Lipinski definition) is 3. The van der Waals surface area contributed by atoms with Gasteiger partial charge in [-0.15, -0.1) is 0 Å². The Kier molecular flexibility index (Phi) is 7.38. The van der Waals surface area contributed by atoms with Crippen molar-refractivity contribution < 1.29 is 14.0 Å². The number of ether oxygens (including phenoxy) is 1. The van der Waals surface area contributed by atoms with Crippen LogP contribution in [0, 0.1) is 5.41 Å². The van der Waals surface area contributed by atoms with Gasteiger partial charge in [-0.2, -0.15) is 0 Å². The van der Waals surface area contributed by atoms with Crippen molar-refractivity contribution >= 4 is 14.6 Å². The van der Waals surface area contributed by atoms with Crippen molar-refractivity contribution in [2.75, 3.05) is 6.61 Å². The standard InChI is InChI=1S/C20H34O3Si/c1-19(2,3)24(6,7)23-16-20(4,5)18(13-14-21)22-15-17-11-9-8-10-12-17/h8-12,14,18H,13,15-16H2,1-7H3/t18-/m0/s1. The molecule has 136 valence electrons. The van der Waals surface area contributed by atoms with E-state index in [9.17, 15) is 4.79 Å². The van der Waals surface area contributed by atoms with Crippen LogP contribution >= 0.6 is 0 Å². The Bertz CT molecular complexity index is 503. The smallest absolute Gasteiger partial charge is 0.192 e. The summed E-state index contributed by atoms with van der Waals surface area (Å²) >= 11 is 0. The molecule has 0 spiro atoms. The van der Waals surface area contributed by atoms with Gasteiger partial charge in [-0.25, -0.2) is 0 Å². The molecule has 0 aliphatic carbocycles. The summed E-state index contributed by atoms with van der Waals surface area (Å²) < 4.78 is 12.5. The van der Waals surface area contributed by atoms with Crippen LogP contribution in [-0.4, -0.2) is 27.3 Å². The fourth-order valence-electron chi connectivity index (χ4n) is 2.15. The van der Waals surface area contributed by atoms with Crippen molar-refractivity contribution in [1.29, 1.82) is 0 Å². The van der Waals surface area contributed by atoms with E-state index in [1.165, 1.54) is 0 Å². The van der Waals surface area contributed by atoms with E-state index in [2.05, 4.69) is 47.7 Å². The number of hydrogen-bond donors (Lipinski definition) is 0. The third kappa shape index (κ3) is 6.15. The first-order valence-electron chi connectivity index (χ1n) is 8.73. The zero-order valence-corrected chi connectivity index (χ0v) is 17.4. The maximum Gasteiger partial charge on any atom is 0.192 e. The zero-order valence-electron chi connectivity index (χ0n) is 16.4. The molecule has 3 nitrogen and oxygen atoms in total. The predicted octanol–water partition coefficient (Wildman–Crippen LogP) is 5.21. The molecule has 0 aliphatic heterocycles. The van der Waals surface area contributed by atoms with Gasteiger partial charge >= 0.3 is 0 Å². The third-order valence-corrected chi connectivity index (χ3v) is 9.57. The molecule has 0 bridgehead atoms. The fraction of sp³-hybridized carbons (Fsp3) is 0.650. The van der Waals surface area contributed by atoms with E-state index in [1.54, 1.807) is 0 Å². The molecule has 0 amide bonds. The number of carbonyl (C=O) groups is 1. The average molecular weight is 351 g/mol. The Morgan fingerprint density at radius 1 is 1.08 bits per heavy atom. The molecule has 1 aromatic carbocycles. The molecule has 0 N–H and O–H groups in total. The Labute approximate surface area is 148 Å². The molecular formula is C20H34O3Si. The van der Waals surface area contributed by atoms with Crippen molar-refractivity contribution in [3.8, 4) is 0 Å². The normalized spacial score (nSPS) is 14.5. The Morgan fingerprint density at radius 3 is 2.17 bits per heavy atom. The van der Waals surface area contributed by atoms with Crippen LogP contribution in [0.2, 0.25) is 18.1 Å². The lowest BCUT2D eigenvalue weighted by molar-refractivity contribution is -0.115. The van der Waals surface area contributed by atoms with Gasteiger partial charge in [-0.1, -0.05) is 65.0 Å². The van der Waals surface area contributed by atoms with Crippen LogP contribution < -0.4 is 0 Å². The van der Waals surface area contributed by atoms with Crippen LogP contribution in [0.25, 0.3) is 0 Å². The SMILES string of the molecule is CC(C)(CO[Si](C)(C)C(C)(C)C)[C@H](CC=O)OCc1ccccc1. The molecule has 1 atom stereocenters. The molecule has 0 saturated heterocycles. The molecule has 1 aromatic rings. The largest absolute Gasteiger partial charge is 0.416 e. The topological polar surface area (TPSA) is 35.5 Å². The van der Waals surface area contributed by atoms with E-state index in [1.807, 2.05) is 30.3 Å². The summed E-state index contributed by atoms with van der Waals surface area (Å²) in [7, 11) is -1.81. The minimum Gasteiger partial charge on any atom is -0.416 e. The van der Waals surface area contributed by atoms with Gasteiger partial charge < -0.3 is 14.0 Å². The average Bonchev–Trinajstić information content (AvgIpc) is 2.49. The molecule has 0 saturated carbocycles. The molecule has 4 heteroatoms. The highest BCUT2D eigenvalue weighted by Crippen LogP contribution is 2.38. The van der Waals surface area contributed by atoms with Gasteiger partial charge in [-0.3, -0.25) is 0 Å². The number of carbonyl (C=O) groups excluding carboxylic acids is 1. The van der Waals surface area contributed by atoms with Crippen molar-refractivity contribution in [1.82, 2.24) is 0 Å². The summed E-state index contributed by atoms with van der Waals surface area (Å²) in [5.41, 5.74) is 0.903. The summed E-state index contributed by atoms with van der Waals surface area (Å²) in [6.45, 7) is 16.6. The van der Waals surface area contributed by atoms with E-state index < -0.39 is 8.32 Å². The minimum atomic E-state index is -1.81. The van der Waals surface area contributed by atoms with Gasteiger partial charge in [0.25, 0.3) is 0 Å². The van der Waals surface area contributed by atoms with Crippen molar-refractivity contribution in [3.05, 3.63) is 35.9 Å². The van der Waals surface area contributed by atoms with E-state index in [0.717, 1.165) is 11.8 Å². The Hall–Kier alpha value is -0.973. The summed E-state index contributed by atoms with van der Waals surface area (Å²) in [6, 6.07) is 10.1. The molecule has 0 aliphatic rings. The highest BCUT2D eigenvalue weighted by atomic mass is 28.4. The van der Waals surface area contributed by atoms with Gasteiger partial charge in [0.15, 0.2) is 8.32 Å². The summed E-state index contributed by atoms with van der Waals surface area (Å²) in [5.74, 6) is 0. The molecule has 0 aromatic heterocycles. The minimum absolute atomic E-state index is 0.153. The quantitative estimate of drug-likeness (QED) is 0.453. The predicted molar refractivity (Wildman–Crippen MR) is 103 cm³/mol. The summed E-state index contributed by atoms with van der Waals surface area (Å²) in [4.78, 5) is 11.1. The second-order valence-electron chi connectivity index (χ2n) is 8.73. The molecule has 1 rings (SSSR count). The van der Waals surface area contributed by atoms with Gasteiger partial charge in [-0.05, 0) is 23.7 Å². The van der Waals surface area contributed by atoms with Crippen molar-refractivity contribution in [2.24, 2.45) is 5.41 Å². The number of aldehydes is 1.